The molecule has 1 amide bonds. The van der Waals surface area contributed by atoms with Gasteiger partial charge in [0.05, 0.1) is 42.9 Å². The van der Waals surface area contributed by atoms with Gasteiger partial charge in [-0.2, -0.15) is 0 Å². The number of aliphatic hydroxyl groups is 12. The number of nitrogens with one attached hydrogen (secondary N) is 1. The highest BCUT2D eigenvalue weighted by Gasteiger charge is 2.60. The molecule has 4 aliphatic heterocycles. The second kappa shape index (κ2) is 18.3. The van der Waals surface area contributed by atoms with E-state index in [4.69, 9.17) is 33.2 Å². The SMILES string of the molecule is CC(=O)N[C@@H]1C(O)C[C@](O[C@H]2C(O)C(CO)O[C@@H](O[C@@H]3C(CO)O[C@H](O)C(Br)C3O[C@H]3O[C@@H](C)C(O)C(O)C3O)C2O)(C(=O)O)OC1[C@H](O)[C@H](O)CO. The van der Waals surface area contributed by atoms with E-state index in [1.54, 1.807) is 0 Å². The normalized spacial score (nSPS) is 47.8. The molecular formula is C29H48BrNO22. The minimum absolute atomic E-state index is 0.764. The van der Waals surface area contributed by atoms with E-state index >= 15 is 0 Å². The maximum absolute atomic E-state index is 12.8. The number of carbonyl (C=O) groups excluding carboxylic acids is 1. The van der Waals surface area contributed by atoms with Crippen LogP contribution in [0.25, 0.3) is 0 Å². The van der Waals surface area contributed by atoms with Gasteiger partial charge in [-0.3, -0.25) is 4.79 Å². The number of carboxylic acids is 1. The fourth-order valence-corrected chi connectivity index (χ4v) is 7.11. The summed E-state index contributed by atoms with van der Waals surface area (Å²) in [6, 6.07) is -1.57. The lowest BCUT2D eigenvalue weighted by Crippen LogP contribution is -2.71. The van der Waals surface area contributed by atoms with Gasteiger partial charge in [-0.1, -0.05) is 15.9 Å². The fourth-order valence-electron chi connectivity index (χ4n) is 6.56. The first-order valence-corrected chi connectivity index (χ1v) is 17.5. The van der Waals surface area contributed by atoms with Crippen LogP contribution in [0.15, 0.2) is 0 Å². The molecule has 0 bridgehead atoms. The van der Waals surface area contributed by atoms with Crippen molar-refractivity contribution >= 4 is 27.8 Å². The van der Waals surface area contributed by atoms with E-state index in [2.05, 4.69) is 21.2 Å². The molecule has 0 aliphatic carbocycles. The third-order valence-corrected chi connectivity index (χ3v) is 10.5. The third-order valence-electron chi connectivity index (χ3n) is 9.50. The van der Waals surface area contributed by atoms with Crippen molar-refractivity contribution in [1.29, 1.82) is 0 Å². The average molecular weight is 843 g/mol. The molecule has 0 spiro atoms. The van der Waals surface area contributed by atoms with Crippen LogP contribution in [0.1, 0.15) is 20.3 Å². The van der Waals surface area contributed by atoms with Crippen molar-refractivity contribution in [2.24, 2.45) is 0 Å². The van der Waals surface area contributed by atoms with Crippen LogP contribution in [0.3, 0.4) is 0 Å². The molecule has 4 saturated heterocycles. The predicted octanol–water partition coefficient (Wildman–Crippen LogP) is -7.97. The second-order valence-corrected chi connectivity index (χ2v) is 14.3. The summed E-state index contributed by atoms with van der Waals surface area (Å²) in [4.78, 5) is 23.4. The molecular weight excluding hydrogens is 794 g/mol. The van der Waals surface area contributed by atoms with E-state index in [1.165, 1.54) is 6.92 Å². The molecule has 0 radical (unpaired) electrons. The van der Waals surface area contributed by atoms with E-state index in [1.807, 2.05) is 0 Å². The first-order valence-electron chi connectivity index (χ1n) is 16.5. The first kappa shape index (κ1) is 44.4. The quantitative estimate of drug-likeness (QED) is 0.0766. The highest BCUT2D eigenvalue weighted by Crippen LogP contribution is 2.39. The number of halogens is 1. The van der Waals surface area contributed by atoms with Crippen molar-refractivity contribution in [3.05, 3.63) is 0 Å². The van der Waals surface area contributed by atoms with Crippen LogP contribution in [0.5, 0.6) is 0 Å². The minimum Gasteiger partial charge on any atom is -0.477 e. The zero-order valence-corrected chi connectivity index (χ0v) is 29.8. The Kier molecular flexibility index (Phi) is 15.3. The molecule has 4 heterocycles. The van der Waals surface area contributed by atoms with Crippen LogP contribution < -0.4 is 5.32 Å². The maximum atomic E-state index is 12.8. The van der Waals surface area contributed by atoms with Crippen LogP contribution in [-0.4, -0.2) is 225 Å². The van der Waals surface area contributed by atoms with Gasteiger partial charge in [-0.15, -0.1) is 0 Å². The maximum Gasteiger partial charge on any atom is 0.364 e. The Hall–Kier alpha value is -1.34. The average Bonchev–Trinajstić information content (AvgIpc) is 3.11. The summed E-state index contributed by atoms with van der Waals surface area (Å²) in [5.41, 5.74) is 0. The number of carbonyl (C=O) groups is 2. The van der Waals surface area contributed by atoms with E-state index in [-0.39, 0.29) is 0 Å². The summed E-state index contributed by atoms with van der Waals surface area (Å²) in [6.45, 7) is -0.549. The predicted molar refractivity (Wildman–Crippen MR) is 168 cm³/mol. The lowest BCUT2D eigenvalue weighted by molar-refractivity contribution is -0.387. The van der Waals surface area contributed by atoms with Crippen molar-refractivity contribution in [3.8, 4) is 0 Å². The molecule has 14 N–H and O–H groups in total. The van der Waals surface area contributed by atoms with Crippen LogP contribution in [0.2, 0.25) is 0 Å². The van der Waals surface area contributed by atoms with Crippen LogP contribution in [0.4, 0.5) is 0 Å². The number of aliphatic hydroxyl groups excluding tert-OH is 12. The van der Waals surface area contributed by atoms with E-state index in [0.29, 0.717) is 0 Å². The number of aliphatic carboxylic acids is 1. The van der Waals surface area contributed by atoms with Gasteiger partial charge in [-0.05, 0) is 6.92 Å². The summed E-state index contributed by atoms with van der Waals surface area (Å²) in [7, 11) is 0. The second-order valence-electron chi connectivity index (χ2n) is 13.2. The Labute approximate surface area is 309 Å². The molecule has 308 valence electrons. The van der Waals surface area contributed by atoms with E-state index < -0.39 is 165 Å². The lowest BCUT2D eigenvalue weighted by atomic mass is 9.88. The van der Waals surface area contributed by atoms with Gasteiger partial charge in [0.25, 0.3) is 5.79 Å². The highest BCUT2D eigenvalue weighted by atomic mass is 79.9. The van der Waals surface area contributed by atoms with E-state index in [0.717, 1.165) is 6.92 Å². The lowest BCUT2D eigenvalue weighted by Gasteiger charge is -2.51. The third kappa shape index (κ3) is 9.29. The molecule has 4 rings (SSSR count). The Morgan fingerprint density at radius 3 is 2.00 bits per heavy atom. The van der Waals surface area contributed by atoms with Crippen molar-refractivity contribution in [2.75, 3.05) is 19.8 Å². The molecule has 0 aromatic rings. The largest absolute Gasteiger partial charge is 0.477 e. The van der Waals surface area contributed by atoms with Gasteiger partial charge in [0.15, 0.2) is 18.9 Å². The monoisotopic (exact) mass is 841 g/mol. The Morgan fingerprint density at radius 1 is 0.830 bits per heavy atom. The van der Waals surface area contributed by atoms with Gasteiger partial charge in [0.2, 0.25) is 5.91 Å². The number of rotatable bonds is 13. The summed E-state index contributed by atoms with van der Waals surface area (Å²) < 4.78 is 39.5. The van der Waals surface area contributed by atoms with Crippen LogP contribution in [-0.2, 0) is 42.7 Å². The van der Waals surface area contributed by atoms with Crippen molar-refractivity contribution < 1.29 is 109 Å². The molecule has 23 nitrogen and oxygen atoms in total. The molecule has 4 fully saturated rings. The van der Waals surface area contributed by atoms with Gasteiger partial charge in [-0.25, -0.2) is 4.79 Å². The van der Waals surface area contributed by atoms with Crippen LogP contribution in [0, 0.1) is 0 Å². The number of carboxylic acid groups (broad SMARTS) is 1. The zero-order valence-electron chi connectivity index (χ0n) is 28.2. The molecule has 4 aliphatic rings. The molecule has 21 atom stereocenters. The van der Waals surface area contributed by atoms with Gasteiger partial charge < -0.3 is 105 Å². The van der Waals surface area contributed by atoms with Gasteiger partial charge in [0.1, 0.15) is 79.4 Å². The summed E-state index contributed by atoms with van der Waals surface area (Å²) in [5, 5.41) is 138. The summed E-state index contributed by atoms with van der Waals surface area (Å²) in [6.07, 6.45) is -33.4. The van der Waals surface area contributed by atoms with Crippen molar-refractivity contribution in [2.45, 2.75) is 147 Å². The van der Waals surface area contributed by atoms with Crippen LogP contribution >= 0.6 is 15.9 Å². The Morgan fingerprint density at radius 2 is 1.43 bits per heavy atom. The number of hydrogen-bond acceptors (Lipinski definition) is 21. The first-order chi connectivity index (χ1) is 24.8. The molecule has 24 heteroatoms. The number of hydrogen-bond donors (Lipinski definition) is 14. The molecule has 0 aromatic carbocycles. The fraction of sp³-hybridized carbons (Fsp3) is 0.931. The molecule has 11 unspecified atom stereocenters. The topological polar surface area (TPSA) is 374 Å². The highest BCUT2D eigenvalue weighted by molar-refractivity contribution is 9.09. The minimum atomic E-state index is -3.07. The smallest absolute Gasteiger partial charge is 0.364 e. The summed E-state index contributed by atoms with van der Waals surface area (Å²) in [5.74, 6) is -5.83. The Balaban J connectivity index is 1.66. The molecule has 0 aromatic heterocycles. The van der Waals surface area contributed by atoms with E-state index in [9.17, 15) is 76.0 Å². The number of amides is 1. The van der Waals surface area contributed by atoms with Gasteiger partial charge >= 0.3 is 5.97 Å². The van der Waals surface area contributed by atoms with Gasteiger partial charge in [0, 0.05) is 13.3 Å². The standard InChI is InChI=1S/C29H48BrNO22/c1-7-15(38)18(41)19(42)26(47-7)51-22-13(30)25(44)48-12(6-34)21(22)50-27-20(43)24(17(40)11(5-33)49-27)53-29(28(45)46)3-9(36)14(31-8(2)35)23(52-29)16(39)10(37)4-32/h7,9-27,32-34,36-44H,3-6H2,1-2H3,(H,31,35)(H,45,46)/t7-,9?,10+,11?,12?,13?,14+,15?,16+,17?,18?,19?,20?,21+,22?,23?,24-,25-,26+,27-,29-/m0/s1. The Bertz CT molecular complexity index is 1230. The zero-order chi connectivity index (χ0) is 39.7. The molecule has 53 heavy (non-hydrogen) atoms. The molecule has 0 saturated carbocycles. The van der Waals surface area contributed by atoms with Crippen molar-refractivity contribution in [1.82, 2.24) is 5.32 Å². The number of alkyl halides is 1. The van der Waals surface area contributed by atoms with Crippen molar-refractivity contribution in [3.63, 3.8) is 0 Å². The summed E-state index contributed by atoms with van der Waals surface area (Å²) >= 11 is 3.18. The number of ether oxygens (including phenoxy) is 7.